The second-order valence-corrected chi connectivity index (χ2v) is 9.82. The van der Waals surface area contributed by atoms with Crippen LogP contribution in [0.1, 0.15) is 29.8 Å². The number of nitrogens with zero attached hydrogens (tertiary/aromatic N) is 5. The number of amides is 1. The lowest BCUT2D eigenvalue weighted by Gasteiger charge is -2.48. The Bertz CT molecular complexity index is 1280. The van der Waals surface area contributed by atoms with E-state index in [-0.39, 0.29) is 11.4 Å². The van der Waals surface area contributed by atoms with E-state index in [2.05, 4.69) is 57.9 Å². The summed E-state index contributed by atoms with van der Waals surface area (Å²) >= 11 is 0. The SMILES string of the molecule is Cc1ccccc1CC(=O)N1CCC2(CC1)CN(C)Cc1nnc(-c3ccccc3)n12.O=C(O)C(F)(F)F. The van der Waals surface area contributed by atoms with Gasteiger partial charge in [0.25, 0.3) is 0 Å². The van der Waals surface area contributed by atoms with E-state index < -0.39 is 12.1 Å². The fourth-order valence-corrected chi connectivity index (χ4v) is 5.20. The van der Waals surface area contributed by atoms with Crippen molar-refractivity contribution < 1.29 is 27.9 Å². The van der Waals surface area contributed by atoms with Gasteiger partial charge in [-0.1, -0.05) is 54.6 Å². The third kappa shape index (κ3) is 5.88. The van der Waals surface area contributed by atoms with Gasteiger partial charge < -0.3 is 14.6 Å². The minimum Gasteiger partial charge on any atom is -0.475 e. The second-order valence-electron chi connectivity index (χ2n) is 9.82. The summed E-state index contributed by atoms with van der Waals surface area (Å²) in [4.78, 5) is 26.3. The largest absolute Gasteiger partial charge is 0.490 e. The first-order valence-corrected chi connectivity index (χ1v) is 12.3. The van der Waals surface area contributed by atoms with Gasteiger partial charge in [0.1, 0.15) is 5.82 Å². The fraction of sp³-hybridized carbons (Fsp3) is 0.407. The first-order chi connectivity index (χ1) is 18.0. The van der Waals surface area contributed by atoms with Crippen molar-refractivity contribution in [3.05, 3.63) is 71.5 Å². The van der Waals surface area contributed by atoms with Gasteiger partial charge in [0, 0.05) is 25.2 Å². The van der Waals surface area contributed by atoms with Crippen LogP contribution in [0.25, 0.3) is 11.4 Å². The number of hydrogen-bond acceptors (Lipinski definition) is 5. The topological polar surface area (TPSA) is 91.6 Å². The van der Waals surface area contributed by atoms with Crippen molar-refractivity contribution in [1.29, 1.82) is 0 Å². The van der Waals surface area contributed by atoms with Gasteiger partial charge in [-0.25, -0.2) is 4.79 Å². The van der Waals surface area contributed by atoms with Crippen LogP contribution in [-0.2, 0) is 28.1 Å². The quantitative estimate of drug-likeness (QED) is 0.554. The summed E-state index contributed by atoms with van der Waals surface area (Å²) in [7, 11) is 2.15. The van der Waals surface area contributed by atoms with Gasteiger partial charge in [-0.3, -0.25) is 9.69 Å². The number of likely N-dealkylation sites (N-methyl/N-ethyl adjacent to an activating group) is 1. The molecular weight excluding hydrogens is 499 g/mol. The van der Waals surface area contributed by atoms with Crippen LogP contribution in [0.5, 0.6) is 0 Å². The fourth-order valence-electron chi connectivity index (χ4n) is 5.20. The summed E-state index contributed by atoms with van der Waals surface area (Å²) in [6, 6.07) is 18.5. The van der Waals surface area contributed by atoms with Crippen molar-refractivity contribution in [2.24, 2.45) is 0 Å². The number of aryl methyl sites for hydroxylation is 1. The van der Waals surface area contributed by atoms with Crippen LogP contribution in [0.2, 0.25) is 0 Å². The zero-order chi connectivity index (χ0) is 27.5. The van der Waals surface area contributed by atoms with Crippen LogP contribution in [-0.4, -0.2) is 74.4 Å². The highest BCUT2D eigenvalue weighted by Crippen LogP contribution is 2.39. The number of fused-ring (bicyclic) bond motifs is 2. The van der Waals surface area contributed by atoms with Crippen molar-refractivity contribution in [3.63, 3.8) is 0 Å². The predicted molar refractivity (Wildman–Crippen MR) is 134 cm³/mol. The molecule has 1 aromatic heterocycles. The molecule has 0 saturated carbocycles. The van der Waals surface area contributed by atoms with Crippen LogP contribution in [0.15, 0.2) is 54.6 Å². The highest BCUT2D eigenvalue weighted by atomic mass is 19.4. The number of benzene rings is 2. The van der Waals surface area contributed by atoms with Crippen LogP contribution in [0.3, 0.4) is 0 Å². The van der Waals surface area contributed by atoms with E-state index in [0.717, 1.165) is 61.8 Å². The Balaban J connectivity index is 0.000000426. The zero-order valence-corrected chi connectivity index (χ0v) is 21.3. The third-order valence-corrected chi connectivity index (χ3v) is 7.10. The van der Waals surface area contributed by atoms with Gasteiger partial charge in [-0.05, 0) is 37.9 Å². The van der Waals surface area contributed by atoms with Gasteiger partial charge in [-0.2, -0.15) is 13.2 Å². The Hall–Kier alpha value is -3.73. The maximum absolute atomic E-state index is 13.0. The number of halogens is 3. The number of carbonyl (C=O) groups excluding carboxylic acids is 1. The number of aliphatic carboxylic acids is 1. The first kappa shape index (κ1) is 27.3. The molecule has 0 bridgehead atoms. The van der Waals surface area contributed by atoms with E-state index in [1.807, 2.05) is 35.2 Å². The van der Waals surface area contributed by atoms with Crippen molar-refractivity contribution in [3.8, 4) is 11.4 Å². The first-order valence-electron chi connectivity index (χ1n) is 12.3. The molecule has 8 nitrogen and oxygen atoms in total. The standard InChI is InChI=1S/C25H29N5O.C2HF3O2/c1-19-8-6-7-11-21(19)16-23(31)29-14-12-25(13-15-29)18-28(2)17-22-26-27-24(30(22)25)20-9-4-3-5-10-20;3-2(4,5)1(6)7/h3-11H,12-18H2,1-2H3;(H,6,7). The summed E-state index contributed by atoms with van der Waals surface area (Å²) in [5, 5.41) is 16.2. The maximum Gasteiger partial charge on any atom is 0.490 e. The molecule has 202 valence electrons. The number of piperidine rings is 1. The number of rotatable bonds is 3. The highest BCUT2D eigenvalue weighted by Gasteiger charge is 2.44. The average Bonchev–Trinajstić information content (AvgIpc) is 3.31. The number of aromatic nitrogens is 3. The molecular formula is C27H30F3N5O3. The Kier molecular flexibility index (Phi) is 7.86. The Morgan fingerprint density at radius 2 is 1.61 bits per heavy atom. The highest BCUT2D eigenvalue weighted by molar-refractivity contribution is 5.79. The Morgan fingerprint density at radius 3 is 2.21 bits per heavy atom. The van der Waals surface area contributed by atoms with E-state index in [1.54, 1.807) is 0 Å². The molecule has 0 unspecified atom stereocenters. The van der Waals surface area contributed by atoms with E-state index in [1.165, 1.54) is 5.56 Å². The van der Waals surface area contributed by atoms with Gasteiger partial charge in [0.15, 0.2) is 5.82 Å². The lowest BCUT2D eigenvalue weighted by molar-refractivity contribution is -0.192. The van der Waals surface area contributed by atoms with Crippen LogP contribution in [0, 0.1) is 6.92 Å². The van der Waals surface area contributed by atoms with Gasteiger partial charge in [0.05, 0.1) is 18.5 Å². The van der Waals surface area contributed by atoms with Crippen molar-refractivity contribution in [2.75, 3.05) is 26.7 Å². The van der Waals surface area contributed by atoms with E-state index in [9.17, 15) is 18.0 Å². The number of carboxylic acid groups (broad SMARTS) is 1. The lowest BCUT2D eigenvalue weighted by atomic mass is 9.84. The average molecular weight is 530 g/mol. The van der Waals surface area contributed by atoms with Crippen molar-refractivity contribution >= 4 is 11.9 Å². The molecule has 11 heteroatoms. The van der Waals surface area contributed by atoms with Gasteiger partial charge in [0.2, 0.25) is 5.91 Å². The molecule has 5 rings (SSSR count). The van der Waals surface area contributed by atoms with E-state index >= 15 is 0 Å². The van der Waals surface area contributed by atoms with Crippen LogP contribution < -0.4 is 0 Å². The van der Waals surface area contributed by atoms with Crippen LogP contribution in [0.4, 0.5) is 13.2 Å². The molecule has 3 heterocycles. The van der Waals surface area contributed by atoms with Gasteiger partial charge >= 0.3 is 12.1 Å². The predicted octanol–water partition coefficient (Wildman–Crippen LogP) is 3.89. The number of carbonyl (C=O) groups is 2. The second kappa shape index (κ2) is 10.9. The normalized spacial score (nSPS) is 16.9. The molecule has 1 saturated heterocycles. The number of alkyl halides is 3. The maximum atomic E-state index is 13.0. The molecule has 3 aromatic rings. The van der Waals surface area contributed by atoms with E-state index in [0.29, 0.717) is 6.42 Å². The van der Waals surface area contributed by atoms with Crippen LogP contribution >= 0.6 is 0 Å². The molecule has 1 N–H and O–H groups in total. The Labute approximate surface area is 218 Å². The molecule has 2 aliphatic heterocycles. The molecule has 0 radical (unpaired) electrons. The monoisotopic (exact) mass is 529 g/mol. The molecule has 1 spiro atoms. The molecule has 0 atom stereocenters. The molecule has 2 aromatic carbocycles. The number of carboxylic acids is 1. The summed E-state index contributed by atoms with van der Waals surface area (Å²) in [5.41, 5.74) is 3.33. The summed E-state index contributed by atoms with van der Waals surface area (Å²) in [6.07, 6.45) is -2.77. The summed E-state index contributed by atoms with van der Waals surface area (Å²) in [5.74, 6) is -0.566. The molecule has 0 aliphatic carbocycles. The lowest BCUT2D eigenvalue weighted by Crippen LogP contribution is -2.56. The zero-order valence-electron chi connectivity index (χ0n) is 21.3. The van der Waals surface area contributed by atoms with Gasteiger partial charge in [-0.15, -0.1) is 10.2 Å². The molecule has 38 heavy (non-hydrogen) atoms. The van der Waals surface area contributed by atoms with Crippen molar-refractivity contribution in [1.82, 2.24) is 24.6 Å². The number of likely N-dealkylation sites (tertiary alicyclic amines) is 1. The summed E-state index contributed by atoms with van der Waals surface area (Å²) in [6.45, 7) is 5.37. The van der Waals surface area contributed by atoms with Crippen molar-refractivity contribution in [2.45, 2.75) is 44.4 Å². The minimum absolute atomic E-state index is 0.0730. The minimum atomic E-state index is -5.08. The summed E-state index contributed by atoms with van der Waals surface area (Å²) < 4.78 is 34.1. The molecule has 1 fully saturated rings. The number of hydrogen-bond donors (Lipinski definition) is 1. The third-order valence-electron chi connectivity index (χ3n) is 7.10. The smallest absolute Gasteiger partial charge is 0.475 e. The van der Waals surface area contributed by atoms with E-state index in [4.69, 9.17) is 9.90 Å². The molecule has 2 aliphatic rings. The molecule has 1 amide bonds. The Morgan fingerprint density at radius 1 is 1.00 bits per heavy atom.